The Morgan fingerprint density at radius 2 is 1.76 bits per heavy atom. The first-order chi connectivity index (χ1) is 14.0. The summed E-state index contributed by atoms with van der Waals surface area (Å²) in [5.74, 6) is -2.34. The van der Waals surface area contributed by atoms with E-state index in [1.54, 1.807) is 24.3 Å². The Bertz CT molecular complexity index is 1320. The Hall–Kier alpha value is -3.94. The predicted molar refractivity (Wildman–Crippen MR) is 99.9 cm³/mol. The molecule has 2 amide bonds. The fourth-order valence-corrected chi connectivity index (χ4v) is 3.61. The van der Waals surface area contributed by atoms with Crippen LogP contribution >= 0.6 is 0 Å². The van der Waals surface area contributed by atoms with Crippen LogP contribution in [0, 0.1) is 11.6 Å². The lowest BCUT2D eigenvalue weighted by Crippen LogP contribution is -2.29. The molecule has 0 atom stereocenters. The quantitative estimate of drug-likeness (QED) is 0.541. The molecule has 0 unspecified atom stereocenters. The van der Waals surface area contributed by atoms with E-state index in [0.29, 0.717) is 22.2 Å². The van der Waals surface area contributed by atoms with Crippen LogP contribution in [0.15, 0.2) is 54.9 Å². The third-order valence-electron chi connectivity index (χ3n) is 4.98. The van der Waals surface area contributed by atoms with E-state index < -0.39 is 23.4 Å². The number of aromatic amines is 1. The average Bonchev–Trinajstić information content (AvgIpc) is 3.27. The van der Waals surface area contributed by atoms with Crippen molar-refractivity contribution in [3.05, 3.63) is 83.2 Å². The molecule has 1 N–H and O–H groups in total. The molecule has 0 saturated heterocycles. The van der Waals surface area contributed by atoms with E-state index in [9.17, 15) is 18.4 Å². The third-order valence-corrected chi connectivity index (χ3v) is 4.98. The summed E-state index contributed by atoms with van der Waals surface area (Å²) >= 11 is 0. The summed E-state index contributed by atoms with van der Waals surface area (Å²) in [6.45, 7) is -0.0569. The van der Waals surface area contributed by atoms with Crippen molar-refractivity contribution in [3.8, 4) is 11.1 Å². The van der Waals surface area contributed by atoms with Crippen molar-refractivity contribution in [1.82, 2.24) is 20.1 Å². The Morgan fingerprint density at radius 1 is 0.931 bits per heavy atom. The highest BCUT2D eigenvalue weighted by molar-refractivity contribution is 6.25. The molecule has 0 saturated carbocycles. The molecule has 0 aliphatic carbocycles. The minimum atomic E-state index is -0.718. The molecule has 3 heterocycles. The molecule has 2 aromatic heterocycles. The maximum Gasteiger partial charge on any atom is 0.263 e. The van der Waals surface area contributed by atoms with Crippen molar-refractivity contribution in [1.29, 1.82) is 0 Å². The number of halogens is 2. The number of hydrogen-bond acceptors (Lipinski definition) is 4. The van der Waals surface area contributed by atoms with Crippen LogP contribution in [0.1, 0.15) is 26.3 Å². The molecule has 0 fully saturated rings. The molecule has 1 aliphatic heterocycles. The minimum absolute atomic E-state index is 0.0569. The second kappa shape index (κ2) is 6.30. The largest absolute Gasteiger partial charge is 0.270 e. The Kier molecular flexibility index (Phi) is 3.73. The zero-order valence-corrected chi connectivity index (χ0v) is 14.8. The summed E-state index contributed by atoms with van der Waals surface area (Å²) in [5.41, 5.74) is 2.10. The highest BCUT2D eigenvalue weighted by Gasteiger charge is 2.38. The van der Waals surface area contributed by atoms with Gasteiger partial charge in [0.05, 0.1) is 29.3 Å². The summed E-state index contributed by atoms with van der Waals surface area (Å²) in [4.78, 5) is 31.1. The van der Waals surface area contributed by atoms with Crippen molar-refractivity contribution >= 4 is 22.8 Å². The maximum absolute atomic E-state index is 14.3. The number of imide groups is 1. The number of hydrogen-bond donors (Lipinski definition) is 1. The van der Waals surface area contributed by atoms with Gasteiger partial charge in [0.15, 0.2) is 5.65 Å². The molecule has 8 heteroatoms. The van der Waals surface area contributed by atoms with Crippen molar-refractivity contribution in [2.45, 2.75) is 6.54 Å². The Morgan fingerprint density at radius 3 is 2.59 bits per heavy atom. The van der Waals surface area contributed by atoms with E-state index in [1.165, 1.54) is 24.5 Å². The number of nitrogens with one attached hydrogen (secondary N) is 1. The SMILES string of the molecule is O=C1c2cnc3[nH]ncc3c2C(=O)N1Cc1ccccc1-c1ccc(F)cc1F. The van der Waals surface area contributed by atoms with Crippen LogP contribution in [-0.4, -0.2) is 31.9 Å². The van der Waals surface area contributed by atoms with Gasteiger partial charge in [-0.05, 0) is 23.3 Å². The van der Waals surface area contributed by atoms with Crippen LogP contribution in [0.4, 0.5) is 8.78 Å². The number of fused-ring (bicyclic) bond motifs is 3. The molecular weight excluding hydrogens is 378 g/mol. The van der Waals surface area contributed by atoms with Gasteiger partial charge in [0.1, 0.15) is 11.6 Å². The van der Waals surface area contributed by atoms with Crippen LogP contribution in [-0.2, 0) is 6.54 Å². The number of nitrogens with zero attached hydrogens (tertiary/aromatic N) is 3. The number of amides is 2. The van der Waals surface area contributed by atoms with Gasteiger partial charge in [0.25, 0.3) is 11.8 Å². The van der Waals surface area contributed by atoms with E-state index in [1.807, 2.05) is 0 Å². The summed E-state index contributed by atoms with van der Waals surface area (Å²) in [5, 5.41) is 7.02. The van der Waals surface area contributed by atoms with Crippen molar-refractivity contribution in [2.24, 2.45) is 0 Å². The summed E-state index contributed by atoms with van der Waals surface area (Å²) in [7, 11) is 0. The second-order valence-electron chi connectivity index (χ2n) is 6.66. The normalized spacial score (nSPS) is 13.4. The number of aromatic nitrogens is 3. The Labute approximate surface area is 162 Å². The lowest BCUT2D eigenvalue weighted by Gasteiger charge is -2.17. The van der Waals surface area contributed by atoms with Gasteiger partial charge in [-0.25, -0.2) is 13.8 Å². The average molecular weight is 390 g/mol. The van der Waals surface area contributed by atoms with Gasteiger partial charge in [-0.2, -0.15) is 5.10 Å². The molecule has 0 radical (unpaired) electrons. The maximum atomic E-state index is 14.3. The standard InChI is InChI=1S/C21H12F2N4O2/c22-12-5-6-14(17(23)7-12)13-4-2-1-3-11(13)10-27-20(28)16-8-24-19-15(9-25-26-19)18(16)21(27)29/h1-9H,10H2,(H,24,25,26). The van der Waals surface area contributed by atoms with Crippen LogP contribution in [0.3, 0.4) is 0 Å². The first-order valence-corrected chi connectivity index (χ1v) is 8.76. The van der Waals surface area contributed by atoms with E-state index >= 15 is 0 Å². The molecule has 6 nitrogen and oxygen atoms in total. The number of pyridine rings is 1. The van der Waals surface area contributed by atoms with E-state index in [0.717, 1.165) is 11.0 Å². The topological polar surface area (TPSA) is 79.0 Å². The fourth-order valence-electron chi connectivity index (χ4n) is 3.61. The van der Waals surface area contributed by atoms with Crippen LogP contribution < -0.4 is 0 Å². The monoisotopic (exact) mass is 390 g/mol. The fraction of sp³-hybridized carbons (Fsp3) is 0.0476. The Balaban J connectivity index is 1.56. The summed E-state index contributed by atoms with van der Waals surface area (Å²) < 4.78 is 27.6. The number of rotatable bonds is 3. The van der Waals surface area contributed by atoms with Crippen LogP contribution in [0.5, 0.6) is 0 Å². The van der Waals surface area contributed by atoms with Gasteiger partial charge in [0.2, 0.25) is 0 Å². The zero-order valence-electron chi connectivity index (χ0n) is 14.8. The highest BCUT2D eigenvalue weighted by atomic mass is 19.1. The molecule has 29 heavy (non-hydrogen) atoms. The van der Waals surface area contributed by atoms with Gasteiger partial charge in [0, 0.05) is 17.8 Å². The van der Waals surface area contributed by atoms with Gasteiger partial charge < -0.3 is 0 Å². The molecule has 2 aromatic carbocycles. The van der Waals surface area contributed by atoms with Crippen LogP contribution in [0.25, 0.3) is 22.2 Å². The lowest BCUT2D eigenvalue weighted by molar-refractivity contribution is 0.0643. The predicted octanol–water partition coefficient (Wildman–Crippen LogP) is 3.70. The van der Waals surface area contributed by atoms with Crippen molar-refractivity contribution < 1.29 is 18.4 Å². The first kappa shape index (κ1) is 17.2. The number of benzene rings is 2. The molecule has 0 bridgehead atoms. The number of H-pyrrole nitrogens is 1. The van der Waals surface area contributed by atoms with Gasteiger partial charge >= 0.3 is 0 Å². The number of carbonyl (C=O) groups excluding carboxylic acids is 2. The molecule has 5 rings (SSSR count). The second-order valence-corrected chi connectivity index (χ2v) is 6.66. The van der Waals surface area contributed by atoms with E-state index in [4.69, 9.17) is 0 Å². The summed E-state index contributed by atoms with van der Waals surface area (Å²) in [6, 6.07) is 10.1. The highest BCUT2D eigenvalue weighted by Crippen LogP contribution is 2.32. The summed E-state index contributed by atoms with van der Waals surface area (Å²) in [6.07, 6.45) is 2.80. The third kappa shape index (κ3) is 2.60. The molecule has 0 spiro atoms. The number of carbonyl (C=O) groups is 2. The van der Waals surface area contributed by atoms with E-state index in [2.05, 4.69) is 15.2 Å². The lowest BCUT2D eigenvalue weighted by atomic mass is 9.98. The van der Waals surface area contributed by atoms with E-state index in [-0.39, 0.29) is 23.2 Å². The first-order valence-electron chi connectivity index (χ1n) is 8.76. The van der Waals surface area contributed by atoms with Crippen molar-refractivity contribution in [3.63, 3.8) is 0 Å². The molecule has 1 aliphatic rings. The molecule has 4 aromatic rings. The molecule has 142 valence electrons. The minimum Gasteiger partial charge on any atom is -0.270 e. The molecular formula is C21H12F2N4O2. The van der Waals surface area contributed by atoms with Gasteiger partial charge in [-0.3, -0.25) is 19.6 Å². The van der Waals surface area contributed by atoms with Crippen LogP contribution in [0.2, 0.25) is 0 Å². The van der Waals surface area contributed by atoms with Gasteiger partial charge in [-0.1, -0.05) is 24.3 Å². The van der Waals surface area contributed by atoms with Crippen molar-refractivity contribution in [2.75, 3.05) is 0 Å². The smallest absolute Gasteiger partial charge is 0.263 e. The van der Waals surface area contributed by atoms with Gasteiger partial charge in [-0.15, -0.1) is 0 Å². The zero-order chi connectivity index (χ0) is 20.1.